The molecule has 0 bridgehead atoms. The maximum Gasteiger partial charge on any atom is 0.261 e. The van der Waals surface area contributed by atoms with Crippen LogP contribution in [0, 0.1) is 13.8 Å². The average Bonchev–Trinajstić information content (AvgIpc) is 3.06. The van der Waals surface area contributed by atoms with Gasteiger partial charge >= 0.3 is 0 Å². The van der Waals surface area contributed by atoms with Gasteiger partial charge < -0.3 is 10.1 Å². The number of benzene rings is 2. The van der Waals surface area contributed by atoms with Gasteiger partial charge in [0.05, 0.1) is 6.04 Å². The zero-order valence-corrected chi connectivity index (χ0v) is 15.6. The predicted octanol–water partition coefficient (Wildman–Crippen LogP) is 4.44. The van der Waals surface area contributed by atoms with Crippen LogP contribution in [-0.2, 0) is 17.6 Å². The fraction of sp³-hybridized carbons (Fsp3) is 0.409. The SMILES string of the molecule is Cc1cccc(OC(C)C(=O)NC(C)c2ccc3c(c2)CCC3)c1C. The van der Waals surface area contributed by atoms with E-state index < -0.39 is 6.10 Å². The fourth-order valence-corrected chi connectivity index (χ4v) is 3.37. The molecule has 0 aromatic heterocycles. The van der Waals surface area contributed by atoms with Gasteiger partial charge in [-0.3, -0.25) is 4.79 Å². The molecule has 132 valence electrons. The summed E-state index contributed by atoms with van der Waals surface area (Å²) in [5, 5.41) is 3.08. The van der Waals surface area contributed by atoms with Gasteiger partial charge in [0.2, 0.25) is 0 Å². The number of hydrogen-bond donors (Lipinski definition) is 1. The second-order valence-electron chi connectivity index (χ2n) is 7.07. The molecule has 25 heavy (non-hydrogen) atoms. The van der Waals surface area contributed by atoms with Crippen LogP contribution in [0.4, 0.5) is 0 Å². The summed E-state index contributed by atoms with van der Waals surface area (Å²) in [5.74, 6) is 0.682. The van der Waals surface area contributed by atoms with Crippen molar-refractivity contribution in [2.75, 3.05) is 0 Å². The maximum absolute atomic E-state index is 12.5. The van der Waals surface area contributed by atoms with Crippen molar-refractivity contribution in [3.05, 3.63) is 64.2 Å². The Morgan fingerprint density at radius 3 is 2.64 bits per heavy atom. The molecule has 0 spiro atoms. The lowest BCUT2D eigenvalue weighted by Gasteiger charge is -2.20. The molecule has 1 N–H and O–H groups in total. The van der Waals surface area contributed by atoms with Gasteiger partial charge in [-0.25, -0.2) is 0 Å². The second kappa shape index (κ2) is 7.30. The Hall–Kier alpha value is -2.29. The zero-order valence-electron chi connectivity index (χ0n) is 15.6. The molecule has 2 aromatic carbocycles. The van der Waals surface area contributed by atoms with Crippen LogP contribution >= 0.6 is 0 Å². The van der Waals surface area contributed by atoms with E-state index in [4.69, 9.17) is 4.74 Å². The molecule has 0 aliphatic heterocycles. The van der Waals surface area contributed by atoms with Gasteiger partial charge in [-0.15, -0.1) is 0 Å². The summed E-state index contributed by atoms with van der Waals surface area (Å²) in [4.78, 5) is 12.5. The summed E-state index contributed by atoms with van der Waals surface area (Å²) in [6.07, 6.45) is 3.03. The smallest absolute Gasteiger partial charge is 0.261 e. The molecule has 2 unspecified atom stereocenters. The standard InChI is InChI=1S/C22H27NO2/c1-14-7-5-10-21(15(14)2)25-17(4)22(24)23-16(3)19-12-11-18-8-6-9-20(18)13-19/h5,7,10-13,16-17H,6,8-9H2,1-4H3,(H,23,24). The number of carbonyl (C=O) groups is 1. The van der Waals surface area contributed by atoms with E-state index in [9.17, 15) is 4.79 Å². The summed E-state index contributed by atoms with van der Waals surface area (Å²) >= 11 is 0. The van der Waals surface area contributed by atoms with Crippen LogP contribution in [0.25, 0.3) is 0 Å². The van der Waals surface area contributed by atoms with Gasteiger partial charge in [-0.05, 0) is 80.8 Å². The molecule has 1 aliphatic carbocycles. The van der Waals surface area contributed by atoms with Crippen molar-refractivity contribution in [2.24, 2.45) is 0 Å². The Kier molecular flexibility index (Phi) is 5.12. The molecule has 2 aromatic rings. The summed E-state index contributed by atoms with van der Waals surface area (Å²) in [7, 11) is 0. The number of aryl methyl sites for hydroxylation is 3. The third kappa shape index (κ3) is 3.87. The highest BCUT2D eigenvalue weighted by molar-refractivity contribution is 5.81. The summed E-state index contributed by atoms with van der Waals surface area (Å²) in [5.41, 5.74) is 6.28. The minimum absolute atomic E-state index is 0.0249. The van der Waals surface area contributed by atoms with Crippen LogP contribution < -0.4 is 10.1 Å². The van der Waals surface area contributed by atoms with E-state index in [2.05, 4.69) is 23.5 Å². The molecule has 3 nitrogen and oxygen atoms in total. The largest absolute Gasteiger partial charge is 0.481 e. The first-order chi connectivity index (χ1) is 12.0. The lowest BCUT2D eigenvalue weighted by molar-refractivity contribution is -0.127. The van der Waals surface area contributed by atoms with Gasteiger partial charge in [0, 0.05) is 0 Å². The van der Waals surface area contributed by atoms with Gasteiger partial charge in [0.25, 0.3) is 5.91 Å². The third-order valence-corrected chi connectivity index (χ3v) is 5.21. The molecule has 0 fully saturated rings. The Morgan fingerprint density at radius 2 is 1.84 bits per heavy atom. The first kappa shape index (κ1) is 17.5. The molecule has 0 saturated heterocycles. The van der Waals surface area contributed by atoms with E-state index in [-0.39, 0.29) is 11.9 Å². The van der Waals surface area contributed by atoms with Crippen molar-refractivity contribution < 1.29 is 9.53 Å². The quantitative estimate of drug-likeness (QED) is 0.876. The Morgan fingerprint density at radius 1 is 1.08 bits per heavy atom. The molecule has 3 rings (SSSR count). The number of amides is 1. The molecule has 0 radical (unpaired) electrons. The van der Waals surface area contributed by atoms with E-state index in [0.717, 1.165) is 28.9 Å². The first-order valence-corrected chi connectivity index (χ1v) is 9.10. The fourth-order valence-electron chi connectivity index (χ4n) is 3.37. The maximum atomic E-state index is 12.5. The Bertz CT molecular complexity index is 782. The molecule has 0 saturated carbocycles. The van der Waals surface area contributed by atoms with Crippen molar-refractivity contribution >= 4 is 5.91 Å². The van der Waals surface area contributed by atoms with Gasteiger partial charge in [-0.2, -0.15) is 0 Å². The normalized spacial score (nSPS) is 15.4. The topological polar surface area (TPSA) is 38.3 Å². The molecular weight excluding hydrogens is 310 g/mol. The molecule has 1 amide bonds. The molecule has 2 atom stereocenters. The van der Waals surface area contributed by atoms with Crippen LogP contribution in [0.3, 0.4) is 0 Å². The predicted molar refractivity (Wildman–Crippen MR) is 101 cm³/mol. The second-order valence-corrected chi connectivity index (χ2v) is 7.07. The lowest BCUT2D eigenvalue weighted by atomic mass is 10.0. The number of fused-ring (bicyclic) bond motifs is 1. The zero-order chi connectivity index (χ0) is 18.0. The van der Waals surface area contributed by atoms with Gasteiger partial charge in [0.15, 0.2) is 6.10 Å². The number of carbonyl (C=O) groups excluding carboxylic acids is 1. The van der Waals surface area contributed by atoms with Gasteiger partial charge in [-0.1, -0.05) is 30.3 Å². The molecule has 3 heteroatoms. The van der Waals surface area contributed by atoms with Crippen molar-refractivity contribution in [1.82, 2.24) is 5.32 Å². The van der Waals surface area contributed by atoms with E-state index in [0.29, 0.717) is 0 Å². The van der Waals surface area contributed by atoms with E-state index in [1.165, 1.54) is 24.0 Å². The van der Waals surface area contributed by atoms with E-state index >= 15 is 0 Å². The van der Waals surface area contributed by atoms with Crippen LogP contribution in [0.2, 0.25) is 0 Å². The van der Waals surface area contributed by atoms with Crippen LogP contribution in [0.1, 0.15) is 54.1 Å². The average molecular weight is 337 g/mol. The van der Waals surface area contributed by atoms with Crippen LogP contribution in [-0.4, -0.2) is 12.0 Å². The minimum Gasteiger partial charge on any atom is -0.481 e. The minimum atomic E-state index is -0.530. The van der Waals surface area contributed by atoms with Crippen molar-refractivity contribution in [3.63, 3.8) is 0 Å². The number of hydrogen-bond acceptors (Lipinski definition) is 2. The Labute approximate surface area is 150 Å². The van der Waals surface area contributed by atoms with Crippen molar-refractivity contribution in [2.45, 2.75) is 59.1 Å². The molecular formula is C22H27NO2. The van der Waals surface area contributed by atoms with Gasteiger partial charge in [0.1, 0.15) is 5.75 Å². The number of ether oxygens (including phenoxy) is 1. The summed E-state index contributed by atoms with van der Waals surface area (Å²) in [6, 6.07) is 12.5. The number of nitrogens with one attached hydrogen (secondary N) is 1. The van der Waals surface area contributed by atoms with Crippen LogP contribution in [0.5, 0.6) is 5.75 Å². The summed E-state index contributed by atoms with van der Waals surface area (Å²) in [6.45, 7) is 7.89. The lowest BCUT2D eigenvalue weighted by Crippen LogP contribution is -2.37. The highest BCUT2D eigenvalue weighted by Crippen LogP contribution is 2.26. The van der Waals surface area contributed by atoms with E-state index in [1.54, 1.807) is 6.92 Å². The van der Waals surface area contributed by atoms with Crippen molar-refractivity contribution in [3.8, 4) is 5.75 Å². The first-order valence-electron chi connectivity index (χ1n) is 9.10. The van der Waals surface area contributed by atoms with Crippen molar-refractivity contribution in [1.29, 1.82) is 0 Å². The van der Waals surface area contributed by atoms with Crippen LogP contribution in [0.15, 0.2) is 36.4 Å². The monoisotopic (exact) mass is 337 g/mol. The summed E-state index contributed by atoms with van der Waals surface area (Å²) < 4.78 is 5.89. The Balaban J connectivity index is 1.63. The highest BCUT2D eigenvalue weighted by Gasteiger charge is 2.20. The third-order valence-electron chi connectivity index (χ3n) is 5.21. The number of rotatable bonds is 5. The highest BCUT2D eigenvalue weighted by atomic mass is 16.5. The van der Waals surface area contributed by atoms with E-state index in [1.807, 2.05) is 39.0 Å². The molecule has 1 aliphatic rings. The molecule has 0 heterocycles.